The number of piperazine rings is 1. The Morgan fingerprint density at radius 3 is 2.61 bits per heavy atom. The van der Waals surface area contributed by atoms with E-state index in [0.29, 0.717) is 24.8 Å². The average molecular weight is 487 g/mol. The lowest BCUT2D eigenvalue weighted by molar-refractivity contribution is -0.162. The van der Waals surface area contributed by atoms with Gasteiger partial charge in [-0.3, -0.25) is 14.3 Å². The van der Waals surface area contributed by atoms with E-state index in [0.717, 1.165) is 27.6 Å². The second kappa shape index (κ2) is 9.26. The van der Waals surface area contributed by atoms with Crippen molar-refractivity contribution < 1.29 is 19.5 Å². The van der Waals surface area contributed by atoms with Crippen LogP contribution in [0.25, 0.3) is 17.0 Å². The van der Waals surface area contributed by atoms with E-state index in [1.54, 1.807) is 23.0 Å². The van der Waals surface area contributed by atoms with E-state index in [2.05, 4.69) is 10.4 Å². The van der Waals surface area contributed by atoms with Crippen molar-refractivity contribution in [2.24, 2.45) is 13.0 Å². The molecule has 5 rings (SSSR count). The van der Waals surface area contributed by atoms with Crippen molar-refractivity contribution in [3.63, 3.8) is 0 Å². The summed E-state index contributed by atoms with van der Waals surface area (Å²) in [5, 5.41) is 18.4. The van der Waals surface area contributed by atoms with Gasteiger partial charge in [0.15, 0.2) is 6.04 Å². The Hall–Kier alpha value is -3.94. The van der Waals surface area contributed by atoms with E-state index >= 15 is 0 Å². The summed E-state index contributed by atoms with van der Waals surface area (Å²) < 4.78 is 1.71. The fraction of sp³-hybridized carbons (Fsp3) is 0.357. The third kappa shape index (κ3) is 3.86. The summed E-state index contributed by atoms with van der Waals surface area (Å²) in [5.74, 6) is -2.03. The zero-order valence-corrected chi connectivity index (χ0v) is 20.6. The number of benzene rings is 2. The molecule has 1 saturated heterocycles. The minimum atomic E-state index is -1.30. The first kappa shape index (κ1) is 23.8. The largest absolute Gasteiger partial charge is 0.479 e. The summed E-state index contributed by atoms with van der Waals surface area (Å²) >= 11 is 0. The normalized spacial score (nSPS) is 20.4. The highest BCUT2D eigenvalue weighted by Crippen LogP contribution is 2.36. The zero-order chi connectivity index (χ0) is 25.6. The van der Waals surface area contributed by atoms with Crippen LogP contribution in [0.4, 0.5) is 0 Å². The van der Waals surface area contributed by atoms with Gasteiger partial charge < -0.3 is 15.3 Å². The summed E-state index contributed by atoms with van der Waals surface area (Å²) in [5.41, 5.74) is 4.17. The van der Waals surface area contributed by atoms with Gasteiger partial charge in [-0.1, -0.05) is 63.1 Å². The van der Waals surface area contributed by atoms with E-state index in [1.807, 2.05) is 57.3 Å². The van der Waals surface area contributed by atoms with Gasteiger partial charge in [0.25, 0.3) is 5.91 Å². The van der Waals surface area contributed by atoms with Crippen LogP contribution >= 0.6 is 0 Å². The second-order valence-corrected chi connectivity index (χ2v) is 9.63. The minimum Gasteiger partial charge on any atom is -0.479 e. The predicted octanol–water partition coefficient (Wildman–Crippen LogP) is 3.47. The monoisotopic (exact) mass is 486 g/mol. The second-order valence-electron chi connectivity index (χ2n) is 9.63. The molecule has 3 atom stereocenters. The van der Waals surface area contributed by atoms with Gasteiger partial charge in [0, 0.05) is 12.4 Å². The summed E-state index contributed by atoms with van der Waals surface area (Å²) in [4.78, 5) is 41.8. The number of aromatic nitrogens is 2. The maximum atomic E-state index is 14.1. The Bertz CT molecular complexity index is 1390. The number of amides is 2. The van der Waals surface area contributed by atoms with E-state index in [9.17, 15) is 19.5 Å². The average Bonchev–Trinajstić information content (AvgIpc) is 3.46. The van der Waals surface area contributed by atoms with Gasteiger partial charge in [-0.2, -0.15) is 5.10 Å². The molecule has 1 aliphatic carbocycles. The minimum absolute atomic E-state index is 0.173. The van der Waals surface area contributed by atoms with Gasteiger partial charge in [-0.05, 0) is 46.7 Å². The van der Waals surface area contributed by atoms with Crippen LogP contribution in [0.3, 0.4) is 0 Å². The maximum absolute atomic E-state index is 14.1. The lowest BCUT2D eigenvalue weighted by atomic mass is 9.86. The molecule has 0 saturated carbocycles. The number of carboxylic acid groups (broad SMARTS) is 1. The fourth-order valence-electron chi connectivity index (χ4n) is 5.68. The molecule has 186 valence electrons. The van der Waals surface area contributed by atoms with Crippen molar-refractivity contribution in [1.29, 1.82) is 0 Å². The molecular weight excluding hydrogens is 456 g/mol. The lowest BCUT2D eigenvalue weighted by Crippen LogP contribution is -2.67. The molecule has 36 heavy (non-hydrogen) atoms. The number of carboxylic acids is 1. The predicted molar refractivity (Wildman–Crippen MR) is 136 cm³/mol. The van der Waals surface area contributed by atoms with Crippen molar-refractivity contribution in [1.82, 2.24) is 20.0 Å². The number of fused-ring (bicyclic) bond motifs is 2. The van der Waals surface area contributed by atoms with Gasteiger partial charge in [0.2, 0.25) is 5.91 Å². The molecule has 0 spiro atoms. The van der Waals surface area contributed by atoms with Crippen LogP contribution < -0.4 is 5.32 Å². The number of rotatable bonds is 7. The molecule has 1 aromatic heterocycles. The summed E-state index contributed by atoms with van der Waals surface area (Å²) in [6, 6.07) is 10.1. The number of nitrogens with one attached hydrogen (secondary N) is 1. The number of aryl methyl sites for hydroxylation is 1. The van der Waals surface area contributed by atoms with Crippen LogP contribution in [0.15, 0.2) is 54.2 Å². The molecule has 1 fully saturated rings. The van der Waals surface area contributed by atoms with Gasteiger partial charge in [-0.15, -0.1) is 0 Å². The summed E-state index contributed by atoms with van der Waals surface area (Å²) in [6.45, 7) is 3.92. The van der Waals surface area contributed by atoms with Crippen LogP contribution in [-0.2, 0) is 27.9 Å². The lowest BCUT2D eigenvalue weighted by Gasteiger charge is -2.45. The van der Waals surface area contributed by atoms with Crippen LogP contribution in [-0.4, -0.2) is 49.7 Å². The summed E-state index contributed by atoms with van der Waals surface area (Å²) in [7, 11) is 1.82. The van der Waals surface area contributed by atoms with Crippen molar-refractivity contribution in [3.05, 3.63) is 70.9 Å². The zero-order valence-electron chi connectivity index (χ0n) is 20.6. The van der Waals surface area contributed by atoms with Gasteiger partial charge >= 0.3 is 5.97 Å². The Morgan fingerprint density at radius 2 is 1.92 bits per heavy atom. The Kier molecular flexibility index (Phi) is 6.12. The molecule has 2 aromatic carbocycles. The van der Waals surface area contributed by atoms with Crippen LogP contribution in [0.2, 0.25) is 0 Å². The smallest absolute Gasteiger partial charge is 0.331 e. The van der Waals surface area contributed by atoms with E-state index in [1.165, 1.54) is 4.90 Å². The number of hydrogen-bond acceptors (Lipinski definition) is 4. The van der Waals surface area contributed by atoms with Crippen LogP contribution in [0.5, 0.6) is 0 Å². The van der Waals surface area contributed by atoms with Crippen molar-refractivity contribution in [2.45, 2.75) is 51.2 Å². The molecule has 0 radical (unpaired) electrons. The Morgan fingerprint density at radius 1 is 1.17 bits per heavy atom. The Balaban J connectivity index is 1.60. The first-order chi connectivity index (χ1) is 17.3. The van der Waals surface area contributed by atoms with Crippen molar-refractivity contribution >= 4 is 34.8 Å². The van der Waals surface area contributed by atoms with Crippen LogP contribution in [0.1, 0.15) is 49.4 Å². The molecular formula is C28H30N4O4. The first-order valence-corrected chi connectivity index (χ1v) is 12.4. The molecule has 8 heteroatoms. The number of carbonyl (C=O) groups excluding carboxylic acids is 2. The molecule has 1 aliphatic heterocycles. The molecule has 2 amide bonds. The number of carbonyl (C=O) groups is 3. The highest BCUT2D eigenvalue weighted by atomic mass is 16.4. The molecule has 0 bridgehead atoms. The van der Waals surface area contributed by atoms with Gasteiger partial charge in [-0.25, -0.2) is 4.79 Å². The quantitative estimate of drug-likeness (QED) is 0.532. The number of nitrogens with zero attached hydrogens (tertiary/aromatic N) is 3. The topological polar surface area (TPSA) is 105 Å². The van der Waals surface area contributed by atoms with E-state index < -0.39 is 24.1 Å². The molecule has 2 N–H and O–H groups in total. The maximum Gasteiger partial charge on any atom is 0.331 e. The molecule has 2 heterocycles. The SMILES string of the molecule is CCC(CC)[C@@H]1C(=O)N[C@H](C2=Cc3ccccc3C2)C(=O)N1C(C(=O)O)c1ccc2c(cnn2C)c1. The molecule has 8 nitrogen and oxygen atoms in total. The van der Waals surface area contributed by atoms with Crippen molar-refractivity contribution in [2.75, 3.05) is 0 Å². The van der Waals surface area contributed by atoms with Gasteiger partial charge in [0.1, 0.15) is 12.1 Å². The van der Waals surface area contributed by atoms with Crippen molar-refractivity contribution in [3.8, 4) is 0 Å². The Labute approximate surface area is 209 Å². The number of hydrogen-bond donors (Lipinski definition) is 2. The highest BCUT2D eigenvalue weighted by Gasteiger charge is 2.50. The fourth-order valence-corrected chi connectivity index (χ4v) is 5.68. The summed E-state index contributed by atoms with van der Waals surface area (Å²) in [6.07, 6.45) is 5.43. The van der Waals surface area contributed by atoms with E-state index in [4.69, 9.17) is 0 Å². The third-order valence-electron chi connectivity index (χ3n) is 7.61. The standard InChI is InChI=1S/C28H30N4O4/c1-4-16(5-2)24-26(33)30-23(20-12-17-8-6-7-9-18(17)13-20)27(34)32(24)25(28(35)36)19-10-11-22-21(14-19)15-29-31(22)3/h6-12,14-16,23-25H,4-5,13H2,1-3H3,(H,30,33)(H,35,36)/t23-,24-,25?/m1/s1. The van der Waals surface area contributed by atoms with E-state index in [-0.39, 0.29) is 17.7 Å². The molecule has 3 aromatic rings. The highest BCUT2D eigenvalue weighted by molar-refractivity contribution is 6.02. The number of aliphatic carboxylic acids is 1. The van der Waals surface area contributed by atoms with Gasteiger partial charge in [0.05, 0.1) is 11.7 Å². The molecule has 2 aliphatic rings. The first-order valence-electron chi connectivity index (χ1n) is 12.4. The van der Waals surface area contributed by atoms with Crippen LogP contribution in [0, 0.1) is 5.92 Å². The molecule has 1 unspecified atom stereocenters. The third-order valence-corrected chi connectivity index (χ3v) is 7.61.